The van der Waals surface area contributed by atoms with Gasteiger partial charge >= 0.3 is 0 Å². The Morgan fingerprint density at radius 2 is 2.00 bits per heavy atom. The molecule has 0 saturated carbocycles. The van der Waals surface area contributed by atoms with Crippen LogP contribution in [0.2, 0.25) is 0 Å². The number of rotatable bonds is 5. The first-order valence-corrected chi connectivity index (χ1v) is 9.12. The molecular formula is C14H24BrN3O2S. The molecule has 0 aliphatic heterocycles. The number of anilines is 1. The van der Waals surface area contributed by atoms with Gasteiger partial charge in [-0.3, -0.25) is 0 Å². The largest absolute Gasteiger partial charge is 0.369 e. The SMILES string of the molecule is CCNc1ncc(Br)cc1S(=O)(=O)N(C)C(C)C(C)(C)C. The third-order valence-corrected chi connectivity index (χ3v) is 5.99. The lowest BCUT2D eigenvalue weighted by atomic mass is 9.88. The molecule has 21 heavy (non-hydrogen) atoms. The average Bonchev–Trinajstić information content (AvgIpc) is 2.38. The molecule has 1 rings (SSSR count). The molecule has 0 aromatic carbocycles. The van der Waals surface area contributed by atoms with Crippen LogP contribution in [0.25, 0.3) is 0 Å². The lowest BCUT2D eigenvalue weighted by Gasteiger charge is -2.34. The predicted molar refractivity (Wildman–Crippen MR) is 90.0 cm³/mol. The second-order valence-corrected chi connectivity index (χ2v) is 8.98. The molecule has 1 aromatic heterocycles. The second-order valence-electron chi connectivity index (χ2n) is 6.09. The highest BCUT2D eigenvalue weighted by molar-refractivity contribution is 9.10. The summed E-state index contributed by atoms with van der Waals surface area (Å²) in [4.78, 5) is 4.37. The molecule has 1 atom stereocenters. The van der Waals surface area contributed by atoms with Crippen LogP contribution in [0.15, 0.2) is 21.6 Å². The highest BCUT2D eigenvalue weighted by atomic mass is 79.9. The fourth-order valence-electron chi connectivity index (χ4n) is 1.83. The van der Waals surface area contributed by atoms with Crippen LogP contribution in [0, 0.1) is 5.41 Å². The summed E-state index contributed by atoms with van der Waals surface area (Å²) in [5, 5.41) is 3.00. The van der Waals surface area contributed by atoms with Gasteiger partial charge in [-0.05, 0) is 41.3 Å². The summed E-state index contributed by atoms with van der Waals surface area (Å²) in [6.07, 6.45) is 1.59. The molecule has 1 heterocycles. The molecular weight excluding hydrogens is 354 g/mol. The number of hydrogen-bond acceptors (Lipinski definition) is 4. The minimum atomic E-state index is -3.62. The van der Waals surface area contributed by atoms with Crippen molar-refractivity contribution < 1.29 is 8.42 Å². The predicted octanol–water partition coefficient (Wildman–Crippen LogP) is 3.33. The second kappa shape index (κ2) is 6.62. The van der Waals surface area contributed by atoms with Crippen LogP contribution >= 0.6 is 15.9 Å². The number of pyridine rings is 1. The Hall–Kier alpha value is -0.660. The van der Waals surface area contributed by atoms with E-state index in [1.165, 1.54) is 4.31 Å². The maximum absolute atomic E-state index is 12.9. The zero-order chi connectivity index (χ0) is 16.4. The summed E-state index contributed by atoms with van der Waals surface area (Å²) >= 11 is 3.29. The monoisotopic (exact) mass is 377 g/mol. The van der Waals surface area contributed by atoms with Crippen LogP contribution in [0.1, 0.15) is 34.6 Å². The first-order chi connectivity index (χ1) is 9.51. The quantitative estimate of drug-likeness (QED) is 0.854. The number of nitrogens with zero attached hydrogens (tertiary/aromatic N) is 2. The topological polar surface area (TPSA) is 62.3 Å². The molecule has 120 valence electrons. The zero-order valence-corrected chi connectivity index (χ0v) is 15.8. The zero-order valence-electron chi connectivity index (χ0n) is 13.4. The maximum Gasteiger partial charge on any atom is 0.246 e. The van der Waals surface area contributed by atoms with Gasteiger partial charge in [-0.2, -0.15) is 4.31 Å². The van der Waals surface area contributed by atoms with Gasteiger partial charge in [0.2, 0.25) is 10.0 Å². The first kappa shape index (κ1) is 18.4. The lowest BCUT2D eigenvalue weighted by molar-refractivity contribution is 0.216. The van der Waals surface area contributed by atoms with Gasteiger partial charge in [0.25, 0.3) is 0 Å². The number of hydrogen-bond donors (Lipinski definition) is 1. The van der Waals surface area contributed by atoms with Gasteiger partial charge in [-0.1, -0.05) is 20.8 Å². The molecule has 0 amide bonds. The molecule has 1 unspecified atom stereocenters. The molecule has 5 nitrogen and oxygen atoms in total. The summed E-state index contributed by atoms with van der Waals surface area (Å²) in [7, 11) is -2.01. The molecule has 0 spiro atoms. The number of sulfonamides is 1. The average molecular weight is 378 g/mol. The molecule has 1 aromatic rings. The molecule has 0 fully saturated rings. The van der Waals surface area contributed by atoms with Gasteiger partial charge in [0, 0.05) is 30.3 Å². The van der Waals surface area contributed by atoms with Crippen molar-refractivity contribution in [2.75, 3.05) is 18.9 Å². The van der Waals surface area contributed by atoms with E-state index in [0.717, 1.165) is 0 Å². The Labute approximate surface area is 136 Å². The Kier molecular flexibility index (Phi) is 5.80. The Morgan fingerprint density at radius 3 is 2.48 bits per heavy atom. The fraction of sp³-hybridized carbons (Fsp3) is 0.643. The van der Waals surface area contributed by atoms with Gasteiger partial charge in [0.1, 0.15) is 10.7 Å². The van der Waals surface area contributed by atoms with E-state index in [1.807, 2.05) is 34.6 Å². The molecule has 7 heteroatoms. The summed E-state index contributed by atoms with van der Waals surface area (Å²) in [6, 6.07) is 1.45. The van der Waals surface area contributed by atoms with Crippen LogP contribution < -0.4 is 5.32 Å². The van der Waals surface area contributed by atoms with Crippen molar-refractivity contribution in [3.8, 4) is 0 Å². The van der Waals surface area contributed by atoms with Crippen LogP contribution in [0.3, 0.4) is 0 Å². The minimum absolute atomic E-state index is 0.143. The lowest BCUT2D eigenvalue weighted by Crippen LogP contribution is -2.43. The van der Waals surface area contributed by atoms with Crippen molar-refractivity contribution in [3.63, 3.8) is 0 Å². The van der Waals surface area contributed by atoms with E-state index in [-0.39, 0.29) is 16.4 Å². The van der Waals surface area contributed by atoms with E-state index in [9.17, 15) is 8.42 Å². The Balaban J connectivity index is 3.33. The van der Waals surface area contributed by atoms with Crippen molar-refractivity contribution >= 4 is 31.8 Å². The number of nitrogens with one attached hydrogen (secondary N) is 1. The Morgan fingerprint density at radius 1 is 1.43 bits per heavy atom. The van der Waals surface area contributed by atoms with Gasteiger partial charge in [0.05, 0.1) is 0 Å². The Bertz CT molecular complexity index is 597. The summed E-state index contributed by atoms with van der Waals surface area (Å²) in [6.45, 7) is 10.5. The summed E-state index contributed by atoms with van der Waals surface area (Å²) < 4.78 is 27.8. The third-order valence-electron chi connectivity index (χ3n) is 3.62. The van der Waals surface area contributed by atoms with Crippen LogP contribution in [0.5, 0.6) is 0 Å². The van der Waals surface area contributed by atoms with Crippen molar-refractivity contribution in [2.45, 2.75) is 45.6 Å². The van der Waals surface area contributed by atoms with E-state index in [4.69, 9.17) is 0 Å². The highest BCUT2D eigenvalue weighted by Crippen LogP contribution is 2.31. The molecule has 0 saturated heterocycles. The van der Waals surface area contributed by atoms with Crippen molar-refractivity contribution in [1.29, 1.82) is 0 Å². The van der Waals surface area contributed by atoms with Gasteiger partial charge < -0.3 is 5.32 Å². The van der Waals surface area contributed by atoms with E-state index >= 15 is 0 Å². The molecule has 0 aliphatic rings. The summed E-state index contributed by atoms with van der Waals surface area (Å²) in [5.41, 5.74) is -0.153. The van der Waals surface area contributed by atoms with Crippen LogP contribution in [-0.2, 0) is 10.0 Å². The smallest absolute Gasteiger partial charge is 0.246 e. The fourth-order valence-corrected chi connectivity index (χ4v) is 4.00. The third kappa shape index (κ3) is 4.17. The van der Waals surface area contributed by atoms with E-state index in [0.29, 0.717) is 16.8 Å². The molecule has 0 aliphatic carbocycles. The normalized spacial score (nSPS) is 14.3. The van der Waals surface area contributed by atoms with Crippen LogP contribution in [0.4, 0.5) is 5.82 Å². The maximum atomic E-state index is 12.9. The number of aromatic nitrogens is 1. The van der Waals surface area contributed by atoms with Gasteiger partial charge in [0.15, 0.2) is 0 Å². The molecule has 0 bridgehead atoms. The number of halogens is 1. The van der Waals surface area contributed by atoms with Gasteiger partial charge in [-0.25, -0.2) is 13.4 Å². The van der Waals surface area contributed by atoms with E-state index in [1.54, 1.807) is 19.3 Å². The van der Waals surface area contributed by atoms with Crippen molar-refractivity contribution in [1.82, 2.24) is 9.29 Å². The molecule has 0 radical (unpaired) electrons. The summed E-state index contributed by atoms with van der Waals surface area (Å²) in [5.74, 6) is 0.383. The van der Waals surface area contributed by atoms with Crippen molar-refractivity contribution in [3.05, 3.63) is 16.7 Å². The van der Waals surface area contributed by atoms with E-state index in [2.05, 4.69) is 26.2 Å². The first-order valence-electron chi connectivity index (χ1n) is 6.89. The van der Waals surface area contributed by atoms with Crippen molar-refractivity contribution in [2.24, 2.45) is 5.41 Å². The molecule has 1 N–H and O–H groups in total. The standard InChI is InChI=1S/C14H24BrN3O2S/c1-7-16-13-12(8-11(15)9-17-13)21(19,20)18(6)10(2)14(3,4)5/h8-10H,7H2,1-6H3,(H,16,17). The highest BCUT2D eigenvalue weighted by Gasteiger charge is 2.34. The minimum Gasteiger partial charge on any atom is -0.369 e. The van der Waals surface area contributed by atoms with E-state index < -0.39 is 10.0 Å². The van der Waals surface area contributed by atoms with Crippen LogP contribution in [-0.4, -0.2) is 37.3 Å². The van der Waals surface area contributed by atoms with Gasteiger partial charge in [-0.15, -0.1) is 0 Å².